The summed E-state index contributed by atoms with van der Waals surface area (Å²) in [5.41, 5.74) is 1.30. The maximum atomic E-state index is 11.4. The van der Waals surface area contributed by atoms with Crippen molar-refractivity contribution in [3.8, 4) is 0 Å². The van der Waals surface area contributed by atoms with Gasteiger partial charge in [0.25, 0.3) is 5.69 Å². The molecule has 0 spiro atoms. The van der Waals surface area contributed by atoms with Crippen molar-refractivity contribution in [2.45, 2.75) is 59.0 Å². The highest BCUT2D eigenvalue weighted by Gasteiger charge is 2.28. The Kier molecular flexibility index (Phi) is 4.35. The molecule has 0 aromatic heterocycles. The van der Waals surface area contributed by atoms with Crippen LogP contribution >= 0.6 is 0 Å². The first-order valence-corrected chi connectivity index (χ1v) is 6.60. The van der Waals surface area contributed by atoms with E-state index in [0.29, 0.717) is 11.1 Å². The van der Waals surface area contributed by atoms with Crippen molar-refractivity contribution in [1.82, 2.24) is 0 Å². The van der Waals surface area contributed by atoms with Gasteiger partial charge < -0.3 is 5.11 Å². The third-order valence-electron chi connectivity index (χ3n) is 3.30. The summed E-state index contributed by atoms with van der Waals surface area (Å²) in [6, 6.07) is 3.52. The summed E-state index contributed by atoms with van der Waals surface area (Å²) in [6.07, 6.45) is 0. The molecule has 1 aromatic carbocycles. The molecule has 0 atom stereocenters. The Labute approximate surface area is 114 Å². The zero-order chi connectivity index (χ0) is 15.0. The van der Waals surface area contributed by atoms with E-state index in [1.807, 2.05) is 27.7 Å². The predicted octanol–water partition coefficient (Wildman–Crippen LogP) is 4.07. The molecule has 19 heavy (non-hydrogen) atoms. The van der Waals surface area contributed by atoms with Gasteiger partial charge in [-0.1, -0.05) is 27.7 Å². The van der Waals surface area contributed by atoms with Gasteiger partial charge >= 0.3 is 0 Å². The summed E-state index contributed by atoms with van der Waals surface area (Å²) in [5.74, 6) is 0.0837. The fraction of sp³-hybridized carbons (Fsp3) is 0.600. The summed E-state index contributed by atoms with van der Waals surface area (Å²) >= 11 is 0. The van der Waals surface area contributed by atoms with Crippen LogP contribution in [0.3, 0.4) is 0 Å². The first-order valence-electron chi connectivity index (χ1n) is 6.60. The van der Waals surface area contributed by atoms with Crippen molar-refractivity contribution in [3.05, 3.63) is 38.9 Å². The molecule has 4 heteroatoms. The van der Waals surface area contributed by atoms with Gasteiger partial charge in [0.1, 0.15) is 0 Å². The molecule has 0 fully saturated rings. The van der Waals surface area contributed by atoms with Crippen LogP contribution in [0, 0.1) is 10.1 Å². The van der Waals surface area contributed by atoms with Gasteiger partial charge in [-0.25, -0.2) is 0 Å². The van der Waals surface area contributed by atoms with Gasteiger partial charge in [-0.05, 0) is 43.4 Å². The largest absolute Gasteiger partial charge is 0.386 e. The van der Waals surface area contributed by atoms with Crippen molar-refractivity contribution < 1.29 is 10.0 Å². The Bertz CT molecular complexity index is 456. The van der Waals surface area contributed by atoms with Crippen LogP contribution in [-0.4, -0.2) is 10.0 Å². The first-order chi connectivity index (χ1) is 8.55. The molecular weight excluding hydrogens is 242 g/mol. The number of rotatable bonds is 4. The number of nitro benzene ring substituents is 1. The molecule has 0 unspecified atom stereocenters. The Hall–Kier alpha value is -1.42. The third-order valence-corrected chi connectivity index (χ3v) is 3.30. The summed E-state index contributed by atoms with van der Waals surface area (Å²) in [7, 11) is 0. The van der Waals surface area contributed by atoms with Gasteiger partial charge in [0, 0.05) is 11.1 Å². The second-order valence-electron chi connectivity index (χ2n) is 6.13. The summed E-state index contributed by atoms with van der Waals surface area (Å²) in [5, 5.41) is 21.5. The van der Waals surface area contributed by atoms with Crippen LogP contribution < -0.4 is 0 Å². The molecule has 1 rings (SSSR count). The fourth-order valence-corrected chi connectivity index (χ4v) is 2.12. The highest BCUT2D eigenvalue weighted by atomic mass is 16.6. The fourth-order valence-electron chi connectivity index (χ4n) is 2.12. The van der Waals surface area contributed by atoms with Gasteiger partial charge in [0.2, 0.25) is 0 Å². The smallest absolute Gasteiger partial charge is 0.276 e. The number of aliphatic hydroxyl groups is 1. The lowest BCUT2D eigenvalue weighted by Crippen LogP contribution is -2.17. The Morgan fingerprint density at radius 3 is 1.68 bits per heavy atom. The van der Waals surface area contributed by atoms with Crippen LogP contribution in [-0.2, 0) is 5.60 Å². The lowest BCUT2D eigenvalue weighted by Gasteiger charge is -2.22. The van der Waals surface area contributed by atoms with Crippen molar-refractivity contribution in [2.75, 3.05) is 0 Å². The Balaban J connectivity index is 3.68. The first kappa shape index (κ1) is 15.6. The Morgan fingerprint density at radius 2 is 1.47 bits per heavy atom. The van der Waals surface area contributed by atoms with Gasteiger partial charge in [0.15, 0.2) is 0 Å². The topological polar surface area (TPSA) is 63.4 Å². The van der Waals surface area contributed by atoms with E-state index in [2.05, 4.69) is 0 Å². The van der Waals surface area contributed by atoms with Crippen molar-refractivity contribution in [1.29, 1.82) is 0 Å². The molecular formula is C15H23NO3. The van der Waals surface area contributed by atoms with Crippen LogP contribution in [0.1, 0.15) is 70.1 Å². The monoisotopic (exact) mass is 265 g/mol. The predicted molar refractivity (Wildman–Crippen MR) is 76.5 cm³/mol. The number of benzene rings is 1. The molecule has 0 aliphatic heterocycles. The van der Waals surface area contributed by atoms with Crippen LogP contribution in [0.5, 0.6) is 0 Å². The summed E-state index contributed by atoms with van der Waals surface area (Å²) in [4.78, 5) is 11.0. The maximum absolute atomic E-state index is 11.4. The van der Waals surface area contributed by atoms with E-state index >= 15 is 0 Å². The minimum absolute atomic E-state index is 0.0419. The van der Waals surface area contributed by atoms with Gasteiger partial charge in [-0.3, -0.25) is 10.1 Å². The van der Waals surface area contributed by atoms with Crippen molar-refractivity contribution >= 4 is 5.69 Å². The van der Waals surface area contributed by atoms with Crippen molar-refractivity contribution in [3.63, 3.8) is 0 Å². The van der Waals surface area contributed by atoms with E-state index in [4.69, 9.17) is 0 Å². The molecule has 0 radical (unpaired) electrons. The molecule has 1 N–H and O–H groups in total. The normalized spacial score (nSPS) is 12.3. The number of nitro groups is 1. The highest BCUT2D eigenvalue weighted by molar-refractivity contribution is 5.54. The molecule has 0 amide bonds. The molecule has 106 valence electrons. The summed E-state index contributed by atoms with van der Waals surface area (Å²) < 4.78 is 0. The average Bonchev–Trinajstić information content (AvgIpc) is 2.25. The zero-order valence-corrected chi connectivity index (χ0v) is 12.5. The van der Waals surface area contributed by atoms with E-state index in [0.717, 1.165) is 5.56 Å². The number of hydrogen-bond donors (Lipinski definition) is 1. The van der Waals surface area contributed by atoms with Crippen LogP contribution in [0.25, 0.3) is 0 Å². The molecule has 4 nitrogen and oxygen atoms in total. The quantitative estimate of drug-likeness (QED) is 0.659. The van der Waals surface area contributed by atoms with Gasteiger partial charge in [0.05, 0.1) is 10.5 Å². The highest BCUT2D eigenvalue weighted by Crippen LogP contribution is 2.37. The van der Waals surface area contributed by atoms with Crippen molar-refractivity contribution in [2.24, 2.45) is 0 Å². The molecule has 0 aliphatic rings. The van der Waals surface area contributed by atoms with Crippen LogP contribution in [0.2, 0.25) is 0 Å². The van der Waals surface area contributed by atoms with E-state index in [1.165, 1.54) is 0 Å². The standard InChI is InChI=1S/C15H23NO3/c1-9(2)12-7-11(15(5,6)17)8-13(10(3)4)14(12)16(18)19/h7-10,17H,1-6H3. The van der Waals surface area contributed by atoms with E-state index in [-0.39, 0.29) is 22.4 Å². The lowest BCUT2D eigenvalue weighted by molar-refractivity contribution is -0.386. The second kappa shape index (κ2) is 5.29. The van der Waals surface area contributed by atoms with E-state index in [9.17, 15) is 15.2 Å². The van der Waals surface area contributed by atoms with Crippen LogP contribution in [0.4, 0.5) is 5.69 Å². The van der Waals surface area contributed by atoms with E-state index < -0.39 is 5.60 Å². The second-order valence-corrected chi connectivity index (χ2v) is 6.13. The SMILES string of the molecule is CC(C)c1cc(C(C)(C)O)cc(C(C)C)c1[N+](=O)[O-]. The molecule has 0 bridgehead atoms. The average molecular weight is 265 g/mol. The molecule has 0 aliphatic carbocycles. The van der Waals surface area contributed by atoms with Gasteiger partial charge in [-0.2, -0.15) is 0 Å². The number of nitrogens with zero attached hydrogens (tertiary/aromatic N) is 1. The number of hydrogen-bond acceptors (Lipinski definition) is 3. The Morgan fingerprint density at radius 1 is 1.11 bits per heavy atom. The maximum Gasteiger partial charge on any atom is 0.276 e. The van der Waals surface area contributed by atoms with Gasteiger partial charge in [-0.15, -0.1) is 0 Å². The van der Waals surface area contributed by atoms with Crippen LogP contribution in [0.15, 0.2) is 12.1 Å². The lowest BCUT2D eigenvalue weighted by atomic mass is 9.86. The minimum atomic E-state index is -0.998. The minimum Gasteiger partial charge on any atom is -0.386 e. The molecule has 0 heterocycles. The molecule has 1 aromatic rings. The molecule has 0 saturated carbocycles. The molecule has 0 saturated heterocycles. The summed E-state index contributed by atoms with van der Waals surface area (Å²) in [6.45, 7) is 11.1. The van der Waals surface area contributed by atoms with E-state index in [1.54, 1.807) is 26.0 Å². The third kappa shape index (κ3) is 3.32. The zero-order valence-electron chi connectivity index (χ0n) is 12.5.